The van der Waals surface area contributed by atoms with Gasteiger partial charge in [0.15, 0.2) is 0 Å². The van der Waals surface area contributed by atoms with Gasteiger partial charge in [0.05, 0.1) is 17.4 Å². The molecule has 4 rings (SSSR count). The summed E-state index contributed by atoms with van der Waals surface area (Å²) in [7, 11) is 0. The minimum atomic E-state index is -2.97. The molecule has 0 unspecified atom stereocenters. The highest BCUT2D eigenvalue weighted by molar-refractivity contribution is 5.94. The van der Waals surface area contributed by atoms with E-state index in [9.17, 15) is 23.2 Å². The number of para-hydroxylation sites is 1. The molecule has 2 N–H and O–H groups in total. The van der Waals surface area contributed by atoms with Gasteiger partial charge in [0, 0.05) is 31.7 Å². The number of alkyl halides is 2. The number of fused-ring (bicyclic) bond motifs is 1. The third-order valence-corrected chi connectivity index (χ3v) is 5.59. The molecule has 178 valence electrons. The zero-order chi connectivity index (χ0) is 24.2. The first-order chi connectivity index (χ1) is 16.3. The van der Waals surface area contributed by atoms with Gasteiger partial charge in [0.25, 0.3) is 11.5 Å². The molecule has 9 nitrogen and oxygen atoms in total. The second-order valence-corrected chi connectivity index (χ2v) is 7.88. The number of hydrogen-bond donors (Lipinski definition) is 1. The fraction of sp³-hybridized carbons (Fsp3) is 0.304. The maximum absolute atomic E-state index is 12.9. The van der Waals surface area contributed by atoms with Crippen molar-refractivity contribution in [1.82, 2.24) is 19.4 Å². The van der Waals surface area contributed by atoms with Gasteiger partial charge in [0.1, 0.15) is 18.1 Å². The van der Waals surface area contributed by atoms with Crippen molar-refractivity contribution in [2.24, 2.45) is 5.73 Å². The molecule has 0 aliphatic carbocycles. The van der Waals surface area contributed by atoms with E-state index in [4.69, 9.17) is 5.73 Å². The lowest BCUT2D eigenvalue weighted by Gasteiger charge is -2.34. The molecular formula is C23H23F2N5O4. The van der Waals surface area contributed by atoms with Crippen LogP contribution in [0.15, 0.2) is 53.3 Å². The quantitative estimate of drug-likeness (QED) is 0.558. The van der Waals surface area contributed by atoms with Crippen LogP contribution in [0.3, 0.4) is 0 Å². The number of aromatic nitrogens is 2. The van der Waals surface area contributed by atoms with Gasteiger partial charge in [0.2, 0.25) is 5.91 Å². The van der Waals surface area contributed by atoms with Gasteiger partial charge in [-0.1, -0.05) is 18.2 Å². The van der Waals surface area contributed by atoms with Crippen LogP contribution in [0.2, 0.25) is 0 Å². The van der Waals surface area contributed by atoms with Gasteiger partial charge in [-0.25, -0.2) is 4.98 Å². The molecule has 2 amide bonds. The summed E-state index contributed by atoms with van der Waals surface area (Å²) in [6, 6.07) is 12.6. The number of primary amides is 1. The minimum Gasteiger partial charge on any atom is -0.435 e. The molecule has 0 radical (unpaired) electrons. The molecule has 2 aromatic carbocycles. The number of carbonyl (C=O) groups is 2. The van der Waals surface area contributed by atoms with Crippen LogP contribution < -0.4 is 16.0 Å². The van der Waals surface area contributed by atoms with Gasteiger partial charge in [-0.15, -0.1) is 0 Å². The monoisotopic (exact) mass is 471 g/mol. The van der Waals surface area contributed by atoms with E-state index in [1.54, 1.807) is 35.2 Å². The van der Waals surface area contributed by atoms with Gasteiger partial charge >= 0.3 is 6.61 Å². The van der Waals surface area contributed by atoms with E-state index in [0.717, 1.165) is 0 Å². The third-order valence-electron chi connectivity index (χ3n) is 5.59. The summed E-state index contributed by atoms with van der Waals surface area (Å²) >= 11 is 0. The van der Waals surface area contributed by atoms with Gasteiger partial charge in [-0.05, 0) is 30.3 Å². The summed E-state index contributed by atoms with van der Waals surface area (Å²) in [5, 5.41) is 0.404. The van der Waals surface area contributed by atoms with Crippen molar-refractivity contribution in [1.29, 1.82) is 0 Å². The number of benzene rings is 2. The van der Waals surface area contributed by atoms with Crippen molar-refractivity contribution < 1.29 is 23.1 Å². The second-order valence-electron chi connectivity index (χ2n) is 7.88. The lowest BCUT2D eigenvalue weighted by atomic mass is 10.1. The summed E-state index contributed by atoms with van der Waals surface area (Å²) in [5.74, 6) is -0.587. The first-order valence-corrected chi connectivity index (χ1v) is 10.6. The topological polar surface area (TPSA) is 111 Å². The molecule has 1 saturated heterocycles. The molecule has 11 heteroatoms. The van der Waals surface area contributed by atoms with Crippen LogP contribution in [0, 0.1) is 0 Å². The van der Waals surface area contributed by atoms with Gasteiger partial charge < -0.3 is 15.4 Å². The van der Waals surface area contributed by atoms with Crippen molar-refractivity contribution >= 4 is 22.7 Å². The SMILES string of the molecule is NC(=O)Cn1c(CN2CCN(C(=O)c3cccc(OC(F)F)c3)CC2)nc2ccccc2c1=O. The maximum atomic E-state index is 12.9. The van der Waals surface area contributed by atoms with E-state index in [0.29, 0.717) is 49.5 Å². The Morgan fingerprint density at radius 2 is 1.79 bits per heavy atom. The highest BCUT2D eigenvalue weighted by atomic mass is 19.3. The van der Waals surface area contributed by atoms with E-state index in [2.05, 4.69) is 9.72 Å². The Morgan fingerprint density at radius 1 is 1.06 bits per heavy atom. The lowest BCUT2D eigenvalue weighted by Crippen LogP contribution is -2.49. The fourth-order valence-electron chi connectivity index (χ4n) is 3.95. The molecule has 0 spiro atoms. The number of amides is 2. The first kappa shape index (κ1) is 23.3. The molecule has 3 aromatic rings. The molecular weight excluding hydrogens is 448 g/mol. The maximum Gasteiger partial charge on any atom is 0.387 e. The zero-order valence-electron chi connectivity index (χ0n) is 18.2. The van der Waals surface area contributed by atoms with Crippen molar-refractivity contribution in [3.05, 3.63) is 70.3 Å². The first-order valence-electron chi connectivity index (χ1n) is 10.6. The molecule has 0 bridgehead atoms. The minimum absolute atomic E-state index is 0.0747. The standard InChI is InChI=1S/C23H23F2N5O4/c24-23(25)34-16-5-3-4-15(12-16)21(32)29-10-8-28(9-11-29)14-20-27-18-7-2-1-6-17(18)22(33)30(20)13-19(26)31/h1-7,12,23H,8-11,13-14H2,(H2,26,31). The normalized spacial score (nSPS) is 14.5. The smallest absolute Gasteiger partial charge is 0.387 e. The number of ether oxygens (including phenoxy) is 1. The Hall–Kier alpha value is -3.86. The van der Waals surface area contributed by atoms with Crippen molar-refractivity contribution in [2.75, 3.05) is 26.2 Å². The molecule has 1 aromatic heterocycles. The number of hydrogen-bond acceptors (Lipinski definition) is 6. The molecule has 0 atom stereocenters. The Morgan fingerprint density at radius 3 is 2.50 bits per heavy atom. The summed E-state index contributed by atoms with van der Waals surface area (Å²) in [6.07, 6.45) is 0. The largest absolute Gasteiger partial charge is 0.435 e. The van der Waals surface area contributed by atoms with Crippen LogP contribution in [0.5, 0.6) is 5.75 Å². The average molecular weight is 471 g/mol. The molecule has 1 aliphatic rings. The highest BCUT2D eigenvalue weighted by Crippen LogP contribution is 2.18. The lowest BCUT2D eigenvalue weighted by molar-refractivity contribution is -0.118. The highest BCUT2D eigenvalue weighted by Gasteiger charge is 2.24. The summed E-state index contributed by atoms with van der Waals surface area (Å²) in [6.45, 7) is -1.16. The second kappa shape index (κ2) is 9.96. The van der Waals surface area contributed by atoms with Gasteiger partial charge in [-0.2, -0.15) is 8.78 Å². The molecule has 1 fully saturated rings. The number of piperazine rings is 1. The molecule has 1 aliphatic heterocycles. The van der Waals surface area contributed by atoms with Crippen molar-refractivity contribution in [2.45, 2.75) is 19.7 Å². The molecule has 2 heterocycles. The predicted molar refractivity (Wildman–Crippen MR) is 119 cm³/mol. The molecule has 0 saturated carbocycles. The number of nitrogens with zero attached hydrogens (tertiary/aromatic N) is 4. The third kappa shape index (κ3) is 5.20. The Labute approximate surface area is 193 Å². The predicted octanol–water partition coefficient (Wildman–Crippen LogP) is 1.44. The summed E-state index contributed by atoms with van der Waals surface area (Å²) < 4.78 is 30.6. The Balaban J connectivity index is 1.47. The van der Waals surface area contributed by atoms with Crippen molar-refractivity contribution in [3.8, 4) is 5.75 Å². The van der Waals surface area contributed by atoms with Crippen LogP contribution in [0.25, 0.3) is 10.9 Å². The number of carbonyl (C=O) groups excluding carboxylic acids is 2. The molecule has 34 heavy (non-hydrogen) atoms. The van der Waals surface area contributed by atoms with Crippen LogP contribution in [0.4, 0.5) is 8.78 Å². The van der Waals surface area contributed by atoms with E-state index in [1.807, 2.05) is 4.90 Å². The Kier molecular flexibility index (Phi) is 6.82. The Bertz CT molecular complexity index is 1270. The fourth-order valence-corrected chi connectivity index (χ4v) is 3.95. The summed E-state index contributed by atoms with van der Waals surface area (Å²) in [5.41, 5.74) is 5.81. The van der Waals surface area contributed by atoms with E-state index >= 15 is 0 Å². The van der Waals surface area contributed by atoms with Crippen LogP contribution in [-0.4, -0.2) is 64.0 Å². The van der Waals surface area contributed by atoms with Crippen LogP contribution in [0.1, 0.15) is 16.2 Å². The van der Waals surface area contributed by atoms with Crippen LogP contribution >= 0.6 is 0 Å². The van der Waals surface area contributed by atoms with Crippen molar-refractivity contribution in [3.63, 3.8) is 0 Å². The van der Waals surface area contributed by atoms with E-state index in [1.165, 1.54) is 22.8 Å². The van der Waals surface area contributed by atoms with E-state index in [-0.39, 0.29) is 29.3 Å². The van der Waals surface area contributed by atoms with Gasteiger partial charge in [-0.3, -0.25) is 23.9 Å². The number of rotatable bonds is 7. The van der Waals surface area contributed by atoms with Crippen LogP contribution in [-0.2, 0) is 17.9 Å². The average Bonchev–Trinajstić information content (AvgIpc) is 2.81. The summed E-state index contributed by atoms with van der Waals surface area (Å²) in [4.78, 5) is 45.5. The number of nitrogens with two attached hydrogens (primary N) is 1. The van der Waals surface area contributed by atoms with E-state index < -0.39 is 12.5 Å². The zero-order valence-corrected chi connectivity index (χ0v) is 18.2. The number of halogens is 2.